The molecule has 1 spiro atoms. The normalized spacial score (nSPS) is 44.2. The number of ether oxygens (including phenoxy) is 4. The molecule has 7 nitrogen and oxygen atoms in total. The van der Waals surface area contributed by atoms with Crippen LogP contribution in [-0.4, -0.2) is 71.6 Å². The fourth-order valence-electron chi connectivity index (χ4n) is 3.96. The van der Waals surface area contributed by atoms with E-state index in [1.54, 1.807) is 0 Å². The quantitative estimate of drug-likeness (QED) is 0.623. The van der Waals surface area contributed by atoms with Crippen LogP contribution in [0.15, 0.2) is 0 Å². The molecule has 0 unspecified atom stereocenters. The van der Waals surface area contributed by atoms with E-state index in [9.17, 15) is 15.3 Å². The van der Waals surface area contributed by atoms with Gasteiger partial charge in [0, 0.05) is 26.4 Å². The summed E-state index contributed by atoms with van der Waals surface area (Å²) in [7, 11) is 1.49. The van der Waals surface area contributed by atoms with Gasteiger partial charge >= 0.3 is 0 Å². The zero-order chi connectivity index (χ0) is 15.8. The highest BCUT2D eigenvalue weighted by atomic mass is 16.8. The van der Waals surface area contributed by atoms with Crippen molar-refractivity contribution in [2.45, 2.75) is 74.3 Å². The molecule has 3 aliphatic rings. The number of aliphatic hydroxyl groups is 3. The number of aliphatic hydroxyl groups excluding tert-OH is 2. The summed E-state index contributed by atoms with van der Waals surface area (Å²) in [6.45, 7) is -0.541. The fraction of sp³-hybridized carbons (Fsp3) is 1.00. The maximum atomic E-state index is 10.6. The van der Waals surface area contributed by atoms with Gasteiger partial charge in [-0.15, -0.1) is 0 Å². The van der Waals surface area contributed by atoms with Crippen molar-refractivity contribution in [3.05, 3.63) is 0 Å². The van der Waals surface area contributed by atoms with Crippen molar-refractivity contribution >= 4 is 0 Å². The van der Waals surface area contributed by atoms with Gasteiger partial charge in [0.15, 0.2) is 5.79 Å². The van der Waals surface area contributed by atoms with Crippen LogP contribution < -0.4 is 0 Å². The molecule has 0 aromatic carbocycles. The first-order chi connectivity index (χ1) is 10.5. The van der Waals surface area contributed by atoms with Crippen molar-refractivity contribution in [3.63, 3.8) is 0 Å². The highest BCUT2D eigenvalue weighted by Gasteiger charge is 2.61. The van der Waals surface area contributed by atoms with Crippen LogP contribution in [0.3, 0.4) is 0 Å². The van der Waals surface area contributed by atoms with Gasteiger partial charge in [-0.25, -0.2) is 0 Å². The lowest BCUT2D eigenvalue weighted by molar-refractivity contribution is -0.244. The molecule has 2 saturated carbocycles. The van der Waals surface area contributed by atoms with Gasteiger partial charge in [-0.05, 0) is 12.8 Å². The van der Waals surface area contributed by atoms with Gasteiger partial charge in [0.1, 0.15) is 30.7 Å². The molecule has 0 radical (unpaired) electrons. The predicted octanol–water partition coefficient (Wildman–Crippen LogP) is -0.0921. The van der Waals surface area contributed by atoms with Gasteiger partial charge in [-0.1, -0.05) is 6.42 Å². The van der Waals surface area contributed by atoms with Crippen LogP contribution in [0.5, 0.6) is 0 Å². The number of fused-ring (bicyclic) bond motifs is 1. The van der Waals surface area contributed by atoms with Crippen LogP contribution in [0.25, 0.3) is 0 Å². The minimum atomic E-state index is -1.57. The third-order valence-corrected chi connectivity index (χ3v) is 5.05. The average molecular weight is 318 g/mol. The first-order valence-electron chi connectivity index (χ1n) is 8.01. The van der Waals surface area contributed by atoms with E-state index < -0.39 is 42.4 Å². The fourth-order valence-corrected chi connectivity index (χ4v) is 3.96. The summed E-state index contributed by atoms with van der Waals surface area (Å²) in [5, 5.41) is 30.6. The molecule has 0 aromatic heterocycles. The summed E-state index contributed by atoms with van der Waals surface area (Å²) in [6.07, 6.45) is 1.86. The van der Waals surface area contributed by atoms with Crippen LogP contribution >= 0.6 is 0 Å². The van der Waals surface area contributed by atoms with E-state index in [0.717, 1.165) is 32.1 Å². The molecule has 1 saturated heterocycles. The summed E-state index contributed by atoms with van der Waals surface area (Å²) < 4.78 is 22.7. The Balaban J connectivity index is 1.83. The molecule has 1 heterocycles. The summed E-state index contributed by atoms with van der Waals surface area (Å²) in [5.41, 5.74) is -1.57. The Labute approximate surface area is 130 Å². The molecule has 0 bridgehead atoms. The lowest BCUT2D eigenvalue weighted by Gasteiger charge is -2.44. The smallest absolute Gasteiger partial charge is 0.169 e. The Hall–Kier alpha value is -0.280. The predicted molar refractivity (Wildman–Crippen MR) is 75.0 cm³/mol. The second-order valence-electron chi connectivity index (χ2n) is 6.66. The van der Waals surface area contributed by atoms with E-state index >= 15 is 0 Å². The van der Waals surface area contributed by atoms with E-state index in [-0.39, 0.29) is 13.2 Å². The second kappa shape index (κ2) is 6.32. The van der Waals surface area contributed by atoms with Crippen LogP contribution in [0.2, 0.25) is 0 Å². The number of rotatable bonds is 4. The molecular weight excluding hydrogens is 292 g/mol. The van der Waals surface area contributed by atoms with Gasteiger partial charge in [0.2, 0.25) is 0 Å². The van der Waals surface area contributed by atoms with Gasteiger partial charge < -0.3 is 34.3 Å². The number of methoxy groups -OCH3 is 1. The maximum absolute atomic E-state index is 10.6. The number of hydrogen-bond acceptors (Lipinski definition) is 7. The Morgan fingerprint density at radius 2 is 1.82 bits per heavy atom. The molecule has 3 rings (SSSR count). The minimum Gasteiger partial charge on any atom is -0.393 e. The number of hydrogen-bond donors (Lipinski definition) is 3. The molecular formula is C15H26O7. The zero-order valence-corrected chi connectivity index (χ0v) is 12.9. The van der Waals surface area contributed by atoms with Crippen molar-refractivity contribution in [2.24, 2.45) is 0 Å². The van der Waals surface area contributed by atoms with E-state index in [1.165, 1.54) is 7.11 Å². The molecule has 3 fully saturated rings. The second-order valence-corrected chi connectivity index (χ2v) is 6.66. The van der Waals surface area contributed by atoms with Crippen LogP contribution in [0.4, 0.5) is 0 Å². The zero-order valence-electron chi connectivity index (χ0n) is 12.9. The monoisotopic (exact) mass is 318 g/mol. The molecule has 128 valence electrons. The standard InChI is InChI=1S/C15H26O7/c1-19-9-20-13-12-11(10(17)7-14(13,18)8-16)21-15(22-12)5-3-2-4-6-15/h10-13,16-18H,2-9H2,1H3/t10-,11+,12+,13-,14-/m1/s1. The van der Waals surface area contributed by atoms with E-state index in [2.05, 4.69) is 0 Å². The molecule has 0 amide bonds. The van der Waals surface area contributed by atoms with Crippen LogP contribution in [0, 0.1) is 0 Å². The highest BCUT2D eigenvalue weighted by Crippen LogP contribution is 2.47. The van der Waals surface area contributed by atoms with Crippen LogP contribution in [-0.2, 0) is 18.9 Å². The van der Waals surface area contributed by atoms with Gasteiger partial charge in [-0.3, -0.25) is 0 Å². The maximum Gasteiger partial charge on any atom is 0.169 e. The molecule has 2 aliphatic carbocycles. The third kappa shape index (κ3) is 2.80. The Morgan fingerprint density at radius 3 is 2.45 bits per heavy atom. The molecule has 1 aliphatic heterocycles. The topological polar surface area (TPSA) is 97.6 Å². The molecule has 0 aromatic rings. The lowest BCUT2D eigenvalue weighted by Crippen LogP contribution is -2.64. The van der Waals surface area contributed by atoms with Crippen molar-refractivity contribution in [2.75, 3.05) is 20.5 Å². The SMILES string of the molecule is COCO[C@@H]1[C@H]2OC3(CCCCC3)O[C@H]2[C@H](O)C[C@@]1(O)CO. The van der Waals surface area contributed by atoms with Gasteiger partial charge in [-0.2, -0.15) is 0 Å². The van der Waals surface area contributed by atoms with E-state index in [4.69, 9.17) is 18.9 Å². The summed E-state index contributed by atoms with van der Waals surface area (Å²) in [5.74, 6) is -0.691. The lowest BCUT2D eigenvalue weighted by atomic mass is 9.77. The summed E-state index contributed by atoms with van der Waals surface area (Å²) >= 11 is 0. The summed E-state index contributed by atoms with van der Waals surface area (Å²) in [4.78, 5) is 0. The summed E-state index contributed by atoms with van der Waals surface area (Å²) in [6, 6.07) is 0. The van der Waals surface area contributed by atoms with Crippen molar-refractivity contribution in [1.29, 1.82) is 0 Å². The molecule has 5 atom stereocenters. The molecule has 3 N–H and O–H groups in total. The van der Waals surface area contributed by atoms with E-state index in [1.807, 2.05) is 0 Å². The van der Waals surface area contributed by atoms with Crippen molar-refractivity contribution < 1.29 is 34.3 Å². The van der Waals surface area contributed by atoms with E-state index in [0.29, 0.717) is 0 Å². The Morgan fingerprint density at radius 1 is 1.14 bits per heavy atom. The average Bonchev–Trinajstić information content (AvgIpc) is 2.87. The van der Waals surface area contributed by atoms with Gasteiger partial charge in [0.25, 0.3) is 0 Å². The molecule has 22 heavy (non-hydrogen) atoms. The Kier molecular flexibility index (Phi) is 4.76. The van der Waals surface area contributed by atoms with Crippen LogP contribution in [0.1, 0.15) is 38.5 Å². The van der Waals surface area contributed by atoms with Crippen molar-refractivity contribution in [3.8, 4) is 0 Å². The first-order valence-corrected chi connectivity index (χ1v) is 8.01. The largest absolute Gasteiger partial charge is 0.393 e. The first kappa shape index (κ1) is 16.6. The Bertz CT molecular complexity index is 384. The highest BCUT2D eigenvalue weighted by molar-refractivity contribution is 5.08. The molecule has 7 heteroatoms. The van der Waals surface area contributed by atoms with Crippen molar-refractivity contribution in [1.82, 2.24) is 0 Å². The van der Waals surface area contributed by atoms with Gasteiger partial charge in [0.05, 0.1) is 12.7 Å². The minimum absolute atomic E-state index is 0.0154. The third-order valence-electron chi connectivity index (χ3n) is 5.05.